The fourth-order valence-corrected chi connectivity index (χ4v) is 1.94. The van der Waals surface area contributed by atoms with Crippen LogP contribution in [0, 0.1) is 13.8 Å². The monoisotopic (exact) mass is 255 g/mol. The Balaban J connectivity index is 2.29. The second kappa shape index (κ2) is 5.93. The lowest BCUT2D eigenvalue weighted by atomic mass is 10.0. The standard InChI is InChI=1S/C16H21N3/c1-11(2)18-10-16-17-8-7-15(19-16)14-9-12(3)5-6-13(14)4/h5-9,11,18H,10H2,1-4H3. The van der Waals surface area contributed by atoms with Gasteiger partial charge in [-0.05, 0) is 31.5 Å². The summed E-state index contributed by atoms with van der Waals surface area (Å²) in [5.74, 6) is 0.840. The van der Waals surface area contributed by atoms with Gasteiger partial charge in [-0.2, -0.15) is 0 Å². The van der Waals surface area contributed by atoms with Gasteiger partial charge in [-0.15, -0.1) is 0 Å². The Morgan fingerprint density at radius 2 is 1.95 bits per heavy atom. The third-order valence-corrected chi connectivity index (χ3v) is 3.04. The van der Waals surface area contributed by atoms with E-state index in [4.69, 9.17) is 0 Å². The summed E-state index contributed by atoms with van der Waals surface area (Å²) in [6, 6.07) is 8.85. The predicted octanol–water partition coefficient (Wildman–Crippen LogP) is 3.26. The highest BCUT2D eigenvalue weighted by Gasteiger charge is 2.06. The first-order valence-corrected chi connectivity index (χ1v) is 6.69. The van der Waals surface area contributed by atoms with Crippen LogP contribution in [0.2, 0.25) is 0 Å². The van der Waals surface area contributed by atoms with E-state index in [0.29, 0.717) is 12.6 Å². The average Bonchev–Trinajstić information content (AvgIpc) is 2.39. The Morgan fingerprint density at radius 1 is 1.16 bits per heavy atom. The molecule has 19 heavy (non-hydrogen) atoms. The molecular formula is C16H21N3. The lowest BCUT2D eigenvalue weighted by molar-refractivity contribution is 0.572. The van der Waals surface area contributed by atoms with E-state index in [1.807, 2.05) is 12.3 Å². The summed E-state index contributed by atoms with van der Waals surface area (Å²) in [6.45, 7) is 9.16. The smallest absolute Gasteiger partial charge is 0.142 e. The van der Waals surface area contributed by atoms with Crippen LogP contribution < -0.4 is 5.32 Å². The SMILES string of the molecule is Cc1ccc(C)c(-c2ccnc(CNC(C)C)n2)c1. The maximum absolute atomic E-state index is 4.64. The topological polar surface area (TPSA) is 37.8 Å². The molecule has 0 atom stereocenters. The largest absolute Gasteiger partial charge is 0.308 e. The second-order valence-corrected chi connectivity index (χ2v) is 5.21. The molecule has 100 valence electrons. The molecule has 1 N–H and O–H groups in total. The minimum absolute atomic E-state index is 0.438. The normalized spacial score (nSPS) is 11.0. The molecule has 0 aliphatic carbocycles. The second-order valence-electron chi connectivity index (χ2n) is 5.21. The molecule has 0 unspecified atom stereocenters. The fraction of sp³-hybridized carbons (Fsp3) is 0.375. The van der Waals surface area contributed by atoms with Gasteiger partial charge < -0.3 is 5.32 Å². The van der Waals surface area contributed by atoms with Crippen molar-refractivity contribution < 1.29 is 0 Å². The first-order valence-electron chi connectivity index (χ1n) is 6.69. The van der Waals surface area contributed by atoms with Crippen molar-refractivity contribution in [3.8, 4) is 11.3 Å². The van der Waals surface area contributed by atoms with E-state index in [9.17, 15) is 0 Å². The minimum atomic E-state index is 0.438. The lowest BCUT2D eigenvalue weighted by Gasteiger charge is -2.10. The summed E-state index contributed by atoms with van der Waals surface area (Å²) in [7, 11) is 0. The molecule has 0 saturated heterocycles. The van der Waals surface area contributed by atoms with Gasteiger partial charge in [0.25, 0.3) is 0 Å². The van der Waals surface area contributed by atoms with Crippen molar-refractivity contribution in [3.63, 3.8) is 0 Å². The quantitative estimate of drug-likeness (QED) is 0.911. The number of nitrogens with zero attached hydrogens (tertiary/aromatic N) is 2. The summed E-state index contributed by atoms with van der Waals surface area (Å²) in [4.78, 5) is 8.96. The summed E-state index contributed by atoms with van der Waals surface area (Å²) in [5, 5.41) is 3.34. The Bertz CT molecular complexity index is 562. The van der Waals surface area contributed by atoms with Gasteiger partial charge in [-0.25, -0.2) is 9.97 Å². The summed E-state index contributed by atoms with van der Waals surface area (Å²) >= 11 is 0. The van der Waals surface area contributed by atoms with Crippen LogP contribution in [0.3, 0.4) is 0 Å². The van der Waals surface area contributed by atoms with Gasteiger partial charge in [0.15, 0.2) is 0 Å². The molecule has 1 aromatic carbocycles. The van der Waals surface area contributed by atoms with Crippen molar-refractivity contribution >= 4 is 0 Å². The number of aromatic nitrogens is 2. The molecule has 0 fully saturated rings. The maximum Gasteiger partial charge on any atom is 0.142 e. The Kier molecular flexibility index (Phi) is 4.27. The summed E-state index contributed by atoms with van der Waals surface area (Å²) < 4.78 is 0. The zero-order chi connectivity index (χ0) is 13.8. The average molecular weight is 255 g/mol. The van der Waals surface area contributed by atoms with Crippen LogP contribution >= 0.6 is 0 Å². The van der Waals surface area contributed by atoms with Crippen LogP contribution in [-0.4, -0.2) is 16.0 Å². The highest BCUT2D eigenvalue weighted by atomic mass is 15.0. The van der Waals surface area contributed by atoms with Gasteiger partial charge in [0, 0.05) is 17.8 Å². The van der Waals surface area contributed by atoms with Crippen molar-refractivity contribution in [1.29, 1.82) is 0 Å². The van der Waals surface area contributed by atoms with Crippen LogP contribution in [0.25, 0.3) is 11.3 Å². The first kappa shape index (κ1) is 13.7. The van der Waals surface area contributed by atoms with Crippen LogP contribution in [0.1, 0.15) is 30.8 Å². The molecule has 3 heteroatoms. The Labute approximate surface area is 115 Å². The molecule has 2 aromatic rings. The van der Waals surface area contributed by atoms with Crippen LogP contribution in [0.15, 0.2) is 30.5 Å². The van der Waals surface area contributed by atoms with Gasteiger partial charge >= 0.3 is 0 Å². The fourth-order valence-electron chi connectivity index (χ4n) is 1.94. The molecule has 1 heterocycles. The van der Waals surface area contributed by atoms with Gasteiger partial charge in [-0.1, -0.05) is 31.5 Å². The molecule has 0 radical (unpaired) electrons. The van der Waals surface area contributed by atoms with Crippen molar-refractivity contribution in [2.75, 3.05) is 0 Å². The molecule has 0 spiro atoms. The third-order valence-electron chi connectivity index (χ3n) is 3.04. The Morgan fingerprint density at radius 3 is 2.68 bits per heavy atom. The van der Waals surface area contributed by atoms with Gasteiger partial charge in [0.2, 0.25) is 0 Å². The molecule has 2 rings (SSSR count). The van der Waals surface area contributed by atoms with Gasteiger partial charge in [0.1, 0.15) is 5.82 Å². The third kappa shape index (κ3) is 3.61. The van der Waals surface area contributed by atoms with Gasteiger partial charge in [0.05, 0.1) is 12.2 Å². The van der Waals surface area contributed by atoms with Crippen LogP contribution in [0.5, 0.6) is 0 Å². The summed E-state index contributed by atoms with van der Waals surface area (Å²) in [5.41, 5.74) is 4.68. The van der Waals surface area contributed by atoms with E-state index < -0.39 is 0 Å². The summed E-state index contributed by atoms with van der Waals surface area (Å²) in [6.07, 6.45) is 1.83. The minimum Gasteiger partial charge on any atom is -0.308 e. The van der Waals surface area contributed by atoms with Crippen molar-refractivity contribution in [2.45, 2.75) is 40.3 Å². The lowest BCUT2D eigenvalue weighted by Crippen LogP contribution is -2.23. The van der Waals surface area contributed by atoms with E-state index >= 15 is 0 Å². The molecule has 0 aliphatic rings. The van der Waals surface area contributed by atoms with Crippen LogP contribution in [-0.2, 0) is 6.54 Å². The molecule has 1 aromatic heterocycles. The zero-order valence-corrected chi connectivity index (χ0v) is 12.1. The van der Waals surface area contributed by atoms with E-state index in [-0.39, 0.29) is 0 Å². The van der Waals surface area contributed by atoms with Gasteiger partial charge in [-0.3, -0.25) is 0 Å². The zero-order valence-electron chi connectivity index (χ0n) is 12.1. The number of aryl methyl sites for hydroxylation is 2. The first-order chi connectivity index (χ1) is 9.06. The maximum atomic E-state index is 4.64. The van der Waals surface area contributed by atoms with Crippen molar-refractivity contribution in [3.05, 3.63) is 47.4 Å². The molecule has 0 amide bonds. The highest BCUT2D eigenvalue weighted by molar-refractivity contribution is 5.63. The molecule has 0 aliphatic heterocycles. The molecule has 0 bridgehead atoms. The Hall–Kier alpha value is -1.74. The highest BCUT2D eigenvalue weighted by Crippen LogP contribution is 2.22. The molecule has 0 saturated carbocycles. The van der Waals surface area contributed by atoms with Crippen molar-refractivity contribution in [1.82, 2.24) is 15.3 Å². The van der Waals surface area contributed by atoms with E-state index in [0.717, 1.165) is 11.5 Å². The van der Waals surface area contributed by atoms with Crippen LogP contribution in [0.4, 0.5) is 0 Å². The molecule has 3 nitrogen and oxygen atoms in total. The molecular weight excluding hydrogens is 234 g/mol. The van der Waals surface area contributed by atoms with E-state index in [1.54, 1.807) is 0 Å². The predicted molar refractivity (Wildman–Crippen MR) is 78.9 cm³/mol. The van der Waals surface area contributed by atoms with E-state index in [1.165, 1.54) is 16.7 Å². The number of nitrogens with one attached hydrogen (secondary N) is 1. The number of hydrogen-bond acceptors (Lipinski definition) is 3. The van der Waals surface area contributed by atoms with Crippen molar-refractivity contribution in [2.24, 2.45) is 0 Å². The number of rotatable bonds is 4. The number of benzene rings is 1. The number of hydrogen-bond donors (Lipinski definition) is 1. The van der Waals surface area contributed by atoms with E-state index in [2.05, 4.69) is 61.2 Å².